The Morgan fingerprint density at radius 3 is 2.39 bits per heavy atom. The Morgan fingerprint density at radius 2 is 1.83 bits per heavy atom. The highest BCUT2D eigenvalue weighted by Gasteiger charge is 2.14. The second kappa shape index (κ2) is 6.76. The first-order valence-electron chi connectivity index (χ1n) is 6.51. The molecule has 0 spiro atoms. The molecule has 0 aliphatic carbocycles. The van der Waals surface area contributed by atoms with E-state index in [0.717, 1.165) is 18.7 Å². The van der Waals surface area contributed by atoms with Crippen LogP contribution in [0.4, 0.5) is 0 Å². The van der Waals surface area contributed by atoms with Crippen LogP contribution in [0.15, 0.2) is 18.2 Å². The maximum Gasteiger partial charge on any atom is 0.125 e. The molecule has 0 aromatic heterocycles. The highest BCUT2D eigenvalue weighted by molar-refractivity contribution is 5.39. The average Bonchev–Trinajstić information content (AvgIpc) is 2.32. The fourth-order valence-electron chi connectivity index (χ4n) is 1.76. The minimum absolute atomic E-state index is 0.144. The average molecular weight is 251 g/mol. The van der Waals surface area contributed by atoms with Gasteiger partial charge in [-0.15, -0.1) is 0 Å². The lowest BCUT2D eigenvalue weighted by atomic mass is 10.1. The van der Waals surface area contributed by atoms with E-state index in [1.165, 1.54) is 11.1 Å². The molecule has 0 aliphatic rings. The Balaban J connectivity index is 2.30. The van der Waals surface area contributed by atoms with E-state index >= 15 is 0 Å². The van der Waals surface area contributed by atoms with E-state index in [-0.39, 0.29) is 12.1 Å². The molecule has 18 heavy (non-hydrogen) atoms. The first kappa shape index (κ1) is 15.0. The summed E-state index contributed by atoms with van der Waals surface area (Å²) in [4.78, 5) is 0. The van der Waals surface area contributed by atoms with E-state index in [9.17, 15) is 0 Å². The molecule has 0 radical (unpaired) electrons. The Kier molecular flexibility index (Phi) is 5.63. The second-order valence-corrected chi connectivity index (χ2v) is 5.39. The topological polar surface area (TPSA) is 41.5 Å². The summed E-state index contributed by atoms with van der Waals surface area (Å²) in [7, 11) is 0. The number of aryl methyl sites for hydroxylation is 2. The molecule has 102 valence electrons. The van der Waals surface area contributed by atoms with Crippen LogP contribution in [0.25, 0.3) is 0 Å². The molecule has 3 nitrogen and oxygen atoms in total. The van der Waals surface area contributed by atoms with Gasteiger partial charge < -0.3 is 15.2 Å². The number of hydrogen-bond acceptors (Lipinski definition) is 3. The van der Waals surface area contributed by atoms with Gasteiger partial charge in [0, 0.05) is 5.54 Å². The van der Waals surface area contributed by atoms with Gasteiger partial charge in [-0.2, -0.15) is 0 Å². The maximum atomic E-state index is 9.11. The van der Waals surface area contributed by atoms with Crippen molar-refractivity contribution in [2.45, 2.75) is 39.7 Å². The van der Waals surface area contributed by atoms with Crippen LogP contribution in [0.1, 0.15) is 31.4 Å². The van der Waals surface area contributed by atoms with Crippen molar-refractivity contribution in [2.75, 3.05) is 19.8 Å². The van der Waals surface area contributed by atoms with Crippen molar-refractivity contribution in [1.82, 2.24) is 5.32 Å². The number of rotatable bonds is 7. The van der Waals surface area contributed by atoms with Crippen LogP contribution in [0.2, 0.25) is 0 Å². The summed E-state index contributed by atoms with van der Waals surface area (Å²) in [5.41, 5.74) is 2.15. The van der Waals surface area contributed by atoms with Gasteiger partial charge in [0.15, 0.2) is 0 Å². The summed E-state index contributed by atoms with van der Waals surface area (Å²) in [6.45, 7) is 9.78. The fourth-order valence-corrected chi connectivity index (χ4v) is 1.76. The number of nitrogens with one attached hydrogen (secondary N) is 1. The zero-order valence-electron chi connectivity index (χ0n) is 11.9. The zero-order valence-corrected chi connectivity index (χ0v) is 11.9. The monoisotopic (exact) mass is 251 g/mol. The molecule has 0 saturated heterocycles. The molecule has 2 N–H and O–H groups in total. The SMILES string of the molecule is Cc1cccc(C)c1OCCCNC(C)(C)CO. The van der Waals surface area contributed by atoms with Gasteiger partial charge >= 0.3 is 0 Å². The van der Waals surface area contributed by atoms with Crippen LogP contribution >= 0.6 is 0 Å². The maximum absolute atomic E-state index is 9.11. The van der Waals surface area contributed by atoms with Gasteiger partial charge in [-0.3, -0.25) is 0 Å². The lowest BCUT2D eigenvalue weighted by Crippen LogP contribution is -2.43. The highest BCUT2D eigenvalue weighted by atomic mass is 16.5. The van der Waals surface area contributed by atoms with Crippen LogP contribution in [0.5, 0.6) is 5.75 Å². The molecule has 0 saturated carbocycles. The van der Waals surface area contributed by atoms with Gasteiger partial charge in [-0.25, -0.2) is 0 Å². The van der Waals surface area contributed by atoms with Crippen LogP contribution in [-0.4, -0.2) is 30.4 Å². The number of para-hydroxylation sites is 1. The third kappa shape index (κ3) is 4.67. The number of aliphatic hydroxyl groups is 1. The minimum atomic E-state index is -0.210. The second-order valence-electron chi connectivity index (χ2n) is 5.39. The van der Waals surface area contributed by atoms with E-state index in [1.807, 2.05) is 19.9 Å². The number of ether oxygens (including phenoxy) is 1. The van der Waals surface area contributed by atoms with Gasteiger partial charge in [0.1, 0.15) is 5.75 Å². The molecule has 0 amide bonds. The Morgan fingerprint density at radius 1 is 1.22 bits per heavy atom. The molecule has 0 heterocycles. The molecule has 1 aromatic carbocycles. The molecule has 1 aromatic rings. The number of benzene rings is 1. The van der Waals surface area contributed by atoms with Gasteiger partial charge in [0.25, 0.3) is 0 Å². The molecule has 0 aliphatic heterocycles. The molecular weight excluding hydrogens is 226 g/mol. The van der Waals surface area contributed by atoms with Crippen molar-refractivity contribution in [2.24, 2.45) is 0 Å². The molecule has 0 atom stereocenters. The summed E-state index contributed by atoms with van der Waals surface area (Å²) >= 11 is 0. The largest absolute Gasteiger partial charge is 0.493 e. The quantitative estimate of drug-likeness (QED) is 0.731. The summed E-state index contributed by atoms with van der Waals surface area (Å²) < 4.78 is 5.81. The summed E-state index contributed by atoms with van der Waals surface area (Å²) in [5, 5.41) is 12.4. The van der Waals surface area contributed by atoms with E-state index in [2.05, 4.69) is 31.3 Å². The predicted molar refractivity (Wildman–Crippen MR) is 75.2 cm³/mol. The van der Waals surface area contributed by atoms with Crippen LogP contribution in [-0.2, 0) is 0 Å². The molecule has 3 heteroatoms. The summed E-state index contributed by atoms with van der Waals surface area (Å²) in [6, 6.07) is 6.17. The fraction of sp³-hybridized carbons (Fsp3) is 0.600. The molecule has 1 rings (SSSR count). The molecule has 0 bridgehead atoms. The summed E-state index contributed by atoms with van der Waals surface area (Å²) in [5.74, 6) is 0.999. The first-order valence-corrected chi connectivity index (χ1v) is 6.51. The number of aliphatic hydroxyl groups excluding tert-OH is 1. The van der Waals surface area contributed by atoms with Gasteiger partial charge in [0.05, 0.1) is 13.2 Å². The van der Waals surface area contributed by atoms with E-state index in [4.69, 9.17) is 9.84 Å². The molecule has 0 unspecified atom stereocenters. The Hall–Kier alpha value is -1.06. The van der Waals surface area contributed by atoms with Crippen LogP contribution < -0.4 is 10.1 Å². The van der Waals surface area contributed by atoms with Crippen LogP contribution in [0, 0.1) is 13.8 Å². The van der Waals surface area contributed by atoms with Crippen molar-refractivity contribution in [1.29, 1.82) is 0 Å². The van der Waals surface area contributed by atoms with Gasteiger partial charge in [-0.05, 0) is 51.8 Å². The van der Waals surface area contributed by atoms with E-state index < -0.39 is 0 Å². The number of hydrogen-bond donors (Lipinski definition) is 2. The Bertz CT molecular complexity index is 355. The third-order valence-corrected chi connectivity index (χ3v) is 2.98. The minimum Gasteiger partial charge on any atom is -0.493 e. The van der Waals surface area contributed by atoms with Crippen molar-refractivity contribution >= 4 is 0 Å². The zero-order chi connectivity index (χ0) is 13.6. The third-order valence-electron chi connectivity index (χ3n) is 2.98. The molecule has 0 fully saturated rings. The first-order chi connectivity index (χ1) is 8.46. The Labute approximate surface area is 110 Å². The van der Waals surface area contributed by atoms with Crippen molar-refractivity contribution in [3.8, 4) is 5.75 Å². The standard InChI is InChI=1S/C15H25NO2/c1-12-7-5-8-13(2)14(12)18-10-6-9-16-15(3,4)11-17/h5,7-8,16-17H,6,9-11H2,1-4H3. The van der Waals surface area contributed by atoms with Gasteiger partial charge in [0.2, 0.25) is 0 Å². The van der Waals surface area contributed by atoms with Crippen molar-refractivity contribution in [3.05, 3.63) is 29.3 Å². The van der Waals surface area contributed by atoms with Gasteiger partial charge in [-0.1, -0.05) is 18.2 Å². The lowest BCUT2D eigenvalue weighted by molar-refractivity contribution is 0.185. The van der Waals surface area contributed by atoms with Crippen molar-refractivity contribution in [3.63, 3.8) is 0 Å². The molecular formula is C15H25NO2. The highest BCUT2D eigenvalue weighted by Crippen LogP contribution is 2.22. The normalized spacial score (nSPS) is 11.6. The van der Waals surface area contributed by atoms with Crippen LogP contribution in [0.3, 0.4) is 0 Å². The smallest absolute Gasteiger partial charge is 0.125 e. The van der Waals surface area contributed by atoms with E-state index in [1.54, 1.807) is 0 Å². The summed E-state index contributed by atoms with van der Waals surface area (Å²) in [6.07, 6.45) is 0.928. The lowest BCUT2D eigenvalue weighted by Gasteiger charge is -2.23. The van der Waals surface area contributed by atoms with Crippen molar-refractivity contribution < 1.29 is 9.84 Å². The predicted octanol–water partition coefficient (Wildman–Crippen LogP) is 2.43. The van der Waals surface area contributed by atoms with E-state index in [0.29, 0.717) is 6.61 Å².